The highest BCUT2D eigenvalue weighted by molar-refractivity contribution is 5.91. The molecule has 0 aliphatic rings. The highest BCUT2D eigenvalue weighted by atomic mass is 16.4. The van der Waals surface area contributed by atoms with Crippen molar-refractivity contribution < 1.29 is 39.0 Å². The van der Waals surface area contributed by atoms with Crippen molar-refractivity contribution in [1.82, 2.24) is 0 Å². The van der Waals surface area contributed by atoms with E-state index in [1.54, 1.807) is 0 Å². The maximum Gasteiger partial charge on any atom is 0.335 e. The largest absolute Gasteiger partial charge is 0.478 e. The highest BCUT2D eigenvalue weighted by Gasteiger charge is 2.05. The van der Waals surface area contributed by atoms with Crippen LogP contribution < -0.4 is 22.9 Å². The molecule has 10 N–H and O–H groups in total. The molecule has 0 aliphatic heterocycles. The van der Waals surface area contributed by atoms with Crippen molar-refractivity contribution in [2.75, 3.05) is 0 Å². The van der Waals surface area contributed by atoms with Crippen molar-refractivity contribution in [1.29, 1.82) is 0 Å². The fourth-order valence-corrected chi connectivity index (χ4v) is 3.37. The molecule has 0 atom stereocenters. The number of carboxylic acids is 2. The molecule has 0 saturated heterocycles. The van der Waals surface area contributed by atoms with E-state index in [4.69, 9.17) is 33.1 Å². The smallest absolute Gasteiger partial charge is 0.335 e. The molecule has 0 saturated carbocycles. The summed E-state index contributed by atoms with van der Waals surface area (Å²) in [6, 6.07) is 5.02. The normalized spacial score (nSPS) is 9.80. The van der Waals surface area contributed by atoms with E-state index in [0.29, 0.717) is 25.7 Å². The molecule has 0 aliphatic carbocycles. The first-order valence-electron chi connectivity index (χ1n) is 13.6. The lowest BCUT2D eigenvalue weighted by Crippen LogP contribution is -2.09. The number of carbonyl (C=O) groups is 6. The third-order valence-electron chi connectivity index (χ3n) is 5.57. The minimum Gasteiger partial charge on any atom is -0.478 e. The second kappa shape index (κ2) is 25.3. The van der Waals surface area contributed by atoms with Crippen LogP contribution in [0.5, 0.6) is 0 Å². The molecule has 1 rings (SSSR count). The number of rotatable bonds is 20. The summed E-state index contributed by atoms with van der Waals surface area (Å²) in [6.45, 7) is 0. The summed E-state index contributed by atoms with van der Waals surface area (Å²) in [5, 5.41) is 16.9. The van der Waals surface area contributed by atoms with Gasteiger partial charge in [0.2, 0.25) is 23.6 Å². The standard InChI is InChI=1S/2C10H20N2O2.C8H6O4/c2*11-9(13)7-5-3-1-2-4-6-8-10(12)14;9-7(10)5-1-2-6(4-3-5)8(11)12/h2*1-8H2,(H2,11,13)(H2,12,14);1-4H,(H,9,10)(H,11,12). The van der Waals surface area contributed by atoms with Gasteiger partial charge in [0.1, 0.15) is 0 Å². The van der Waals surface area contributed by atoms with Gasteiger partial charge in [-0.1, -0.05) is 51.4 Å². The lowest BCUT2D eigenvalue weighted by atomic mass is 10.1. The topological polar surface area (TPSA) is 247 Å². The molecule has 0 radical (unpaired) electrons. The van der Waals surface area contributed by atoms with Crippen LogP contribution in [0.2, 0.25) is 0 Å². The molecule has 0 unspecified atom stereocenters. The minimum absolute atomic E-state index is 0.0833. The lowest BCUT2D eigenvalue weighted by molar-refractivity contribution is -0.119. The van der Waals surface area contributed by atoms with Crippen molar-refractivity contribution in [3.63, 3.8) is 0 Å². The van der Waals surface area contributed by atoms with E-state index in [1.807, 2.05) is 0 Å². The molecule has 12 nitrogen and oxygen atoms in total. The second-order valence-electron chi connectivity index (χ2n) is 9.30. The van der Waals surface area contributed by atoms with E-state index in [0.717, 1.165) is 77.0 Å². The van der Waals surface area contributed by atoms with Gasteiger partial charge in [-0.15, -0.1) is 0 Å². The van der Waals surface area contributed by atoms with Crippen molar-refractivity contribution >= 4 is 35.6 Å². The number of aromatic carboxylic acids is 2. The molecular formula is C28H46N4O8. The Morgan fingerprint density at radius 2 is 0.575 bits per heavy atom. The van der Waals surface area contributed by atoms with Gasteiger partial charge in [-0.3, -0.25) is 19.2 Å². The van der Waals surface area contributed by atoms with Crippen molar-refractivity contribution in [3.05, 3.63) is 35.4 Å². The van der Waals surface area contributed by atoms with E-state index in [1.165, 1.54) is 24.3 Å². The van der Waals surface area contributed by atoms with Gasteiger partial charge in [-0.05, 0) is 49.9 Å². The Morgan fingerprint density at radius 1 is 0.400 bits per heavy atom. The van der Waals surface area contributed by atoms with Gasteiger partial charge in [0.15, 0.2) is 0 Å². The Morgan fingerprint density at radius 3 is 0.725 bits per heavy atom. The maximum absolute atomic E-state index is 10.4. The number of hydrogen-bond donors (Lipinski definition) is 6. The van der Waals surface area contributed by atoms with Crippen LogP contribution in [0.4, 0.5) is 0 Å². The summed E-state index contributed by atoms with van der Waals surface area (Å²) in [5.74, 6) is -3.02. The number of benzene rings is 1. The summed E-state index contributed by atoms with van der Waals surface area (Å²) < 4.78 is 0. The molecule has 0 fully saturated rings. The Bertz CT molecular complexity index is 791. The fourth-order valence-electron chi connectivity index (χ4n) is 3.37. The predicted molar refractivity (Wildman–Crippen MR) is 151 cm³/mol. The molecule has 1 aromatic carbocycles. The Hall–Kier alpha value is -3.96. The number of primary amides is 4. The van der Waals surface area contributed by atoms with Gasteiger partial charge in [0.25, 0.3) is 0 Å². The molecule has 4 amide bonds. The predicted octanol–water partition coefficient (Wildman–Crippen LogP) is 3.24. The quantitative estimate of drug-likeness (QED) is 0.127. The molecule has 40 heavy (non-hydrogen) atoms. The van der Waals surface area contributed by atoms with Gasteiger partial charge in [0.05, 0.1) is 11.1 Å². The molecule has 0 heterocycles. The maximum atomic E-state index is 10.4. The average Bonchev–Trinajstić information content (AvgIpc) is 2.87. The first-order chi connectivity index (χ1) is 18.9. The van der Waals surface area contributed by atoms with Crippen LogP contribution in [0.15, 0.2) is 24.3 Å². The van der Waals surface area contributed by atoms with Crippen LogP contribution >= 0.6 is 0 Å². The van der Waals surface area contributed by atoms with E-state index < -0.39 is 11.9 Å². The van der Waals surface area contributed by atoms with Crippen LogP contribution in [0.1, 0.15) is 123 Å². The van der Waals surface area contributed by atoms with E-state index in [2.05, 4.69) is 0 Å². The van der Waals surface area contributed by atoms with Gasteiger partial charge in [-0.25, -0.2) is 9.59 Å². The number of hydrogen-bond acceptors (Lipinski definition) is 6. The van der Waals surface area contributed by atoms with Crippen molar-refractivity contribution in [2.24, 2.45) is 22.9 Å². The summed E-state index contributed by atoms with van der Waals surface area (Å²) in [6.07, 6.45) is 14.0. The SMILES string of the molecule is NC(=O)CCCCCCCCC(N)=O.NC(=O)CCCCCCCCC(N)=O.O=C(O)c1ccc(C(=O)O)cc1. The van der Waals surface area contributed by atoms with E-state index in [9.17, 15) is 28.8 Å². The zero-order valence-electron chi connectivity index (χ0n) is 23.3. The van der Waals surface area contributed by atoms with Crippen LogP contribution in [-0.4, -0.2) is 45.8 Å². The number of carbonyl (C=O) groups excluding carboxylic acids is 4. The second-order valence-corrected chi connectivity index (χ2v) is 9.30. The number of carboxylic acid groups (broad SMARTS) is 2. The molecule has 0 spiro atoms. The van der Waals surface area contributed by atoms with Crippen LogP contribution in [0, 0.1) is 0 Å². The van der Waals surface area contributed by atoms with Gasteiger partial charge in [0, 0.05) is 25.7 Å². The van der Waals surface area contributed by atoms with Crippen molar-refractivity contribution in [2.45, 2.75) is 103 Å². The van der Waals surface area contributed by atoms with E-state index in [-0.39, 0.29) is 34.8 Å². The molecular weight excluding hydrogens is 520 g/mol. The Balaban J connectivity index is 0. The van der Waals surface area contributed by atoms with Crippen molar-refractivity contribution in [3.8, 4) is 0 Å². The van der Waals surface area contributed by atoms with Crippen LogP contribution in [0.3, 0.4) is 0 Å². The Kier molecular flexibility index (Phi) is 24.2. The fraction of sp³-hybridized carbons (Fsp3) is 0.571. The summed E-state index contributed by atoms with van der Waals surface area (Å²) >= 11 is 0. The van der Waals surface area contributed by atoms with Gasteiger partial charge in [-0.2, -0.15) is 0 Å². The third kappa shape index (κ3) is 28.6. The minimum atomic E-state index is -1.06. The summed E-state index contributed by atoms with van der Waals surface area (Å²) in [4.78, 5) is 62.2. The van der Waals surface area contributed by atoms with E-state index >= 15 is 0 Å². The number of unbranched alkanes of at least 4 members (excludes halogenated alkanes) is 10. The lowest BCUT2D eigenvalue weighted by Gasteiger charge is -1.99. The first-order valence-corrected chi connectivity index (χ1v) is 13.6. The average molecular weight is 567 g/mol. The number of amides is 4. The molecule has 0 bridgehead atoms. The van der Waals surface area contributed by atoms with Gasteiger partial charge < -0.3 is 33.1 Å². The monoisotopic (exact) mass is 566 g/mol. The third-order valence-corrected chi connectivity index (χ3v) is 5.57. The Labute approximate surface area is 235 Å². The highest BCUT2D eigenvalue weighted by Crippen LogP contribution is 2.09. The van der Waals surface area contributed by atoms with Crippen LogP contribution in [0.25, 0.3) is 0 Å². The molecule has 12 heteroatoms. The summed E-state index contributed by atoms with van der Waals surface area (Å²) in [7, 11) is 0. The summed E-state index contributed by atoms with van der Waals surface area (Å²) in [5.41, 5.74) is 20.2. The molecule has 1 aromatic rings. The first kappa shape index (κ1) is 38.2. The van der Waals surface area contributed by atoms with Gasteiger partial charge >= 0.3 is 11.9 Å². The molecule has 0 aromatic heterocycles. The zero-order chi connectivity index (χ0) is 30.8. The zero-order valence-corrected chi connectivity index (χ0v) is 23.3. The molecule has 226 valence electrons. The van der Waals surface area contributed by atoms with Crippen LogP contribution in [-0.2, 0) is 19.2 Å². The number of nitrogens with two attached hydrogens (primary N) is 4.